The molecule has 1 aliphatic rings. The van der Waals surface area contributed by atoms with E-state index in [-0.39, 0.29) is 22.5 Å². The van der Waals surface area contributed by atoms with Gasteiger partial charge in [-0.05, 0) is 59.6 Å². The van der Waals surface area contributed by atoms with Crippen molar-refractivity contribution in [2.75, 3.05) is 4.90 Å². The number of aryl methyl sites for hydroxylation is 1. The first-order chi connectivity index (χ1) is 14.2. The van der Waals surface area contributed by atoms with Crippen molar-refractivity contribution in [3.63, 3.8) is 0 Å². The Balaban J connectivity index is 1.98. The van der Waals surface area contributed by atoms with Crippen molar-refractivity contribution in [2.45, 2.75) is 25.9 Å². The fourth-order valence-corrected chi connectivity index (χ4v) is 5.03. The van der Waals surface area contributed by atoms with E-state index >= 15 is 0 Å². The SMILES string of the molecule is CC(C)n1c(Br)cc2c1C(c1ccc(C#N)cc1)N(c1cc(Cl)c(=O)n(C)c1)C2=O. The number of hydrogen-bond acceptors (Lipinski definition) is 3. The van der Waals surface area contributed by atoms with E-state index in [0.717, 1.165) is 15.9 Å². The van der Waals surface area contributed by atoms with Gasteiger partial charge in [-0.25, -0.2) is 0 Å². The molecule has 30 heavy (non-hydrogen) atoms. The van der Waals surface area contributed by atoms with Gasteiger partial charge < -0.3 is 9.13 Å². The number of carbonyl (C=O) groups is 1. The highest BCUT2D eigenvalue weighted by Crippen LogP contribution is 2.45. The number of anilines is 1. The zero-order valence-corrected chi connectivity index (χ0v) is 18.9. The smallest absolute Gasteiger partial charge is 0.269 e. The summed E-state index contributed by atoms with van der Waals surface area (Å²) in [4.78, 5) is 27.2. The van der Waals surface area contributed by atoms with E-state index in [1.807, 2.05) is 18.2 Å². The van der Waals surface area contributed by atoms with Crippen molar-refractivity contribution in [1.29, 1.82) is 5.26 Å². The number of amides is 1. The standard InChI is InChI=1S/C22H18BrClN4O2/c1-12(2)27-18(23)9-16-20(27)19(14-6-4-13(10-25)5-7-14)28(21(16)29)15-8-17(24)22(30)26(3)11-15/h4-9,11-12,19H,1-3H3. The second kappa shape index (κ2) is 7.46. The van der Waals surface area contributed by atoms with Crippen molar-refractivity contribution < 1.29 is 4.79 Å². The first-order valence-corrected chi connectivity index (χ1v) is 10.5. The van der Waals surface area contributed by atoms with Gasteiger partial charge in [0.15, 0.2) is 0 Å². The Morgan fingerprint density at radius 2 is 1.83 bits per heavy atom. The minimum absolute atomic E-state index is 0.0471. The van der Waals surface area contributed by atoms with E-state index in [9.17, 15) is 9.59 Å². The maximum Gasteiger partial charge on any atom is 0.269 e. The van der Waals surface area contributed by atoms with Crippen molar-refractivity contribution in [3.05, 3.63) is 85.0 Å². The molecule has 1 aromatic carbocycles. The van der Waals surface area contributed by atoms with Gasteiger partial charge in [-0.2, -0.15) is 5.26 Å². The predicted octanol–water partition coefficient (Wildman–Crippen LogP) is 4.81. The van der Waals surface area contributed by atoms with E-state index in [0.29, 0.717) is 16.8 Å². The average molecular weight is 486 g/mol. The quantitative estimate of drug-likeness (QED) is 0.535. The van der Waals surface area contributed by atoms with Crippen LogP contribution < -0.4 is 10.5 Å². The van der Waals surface area contributed by atoms with Crippen LogP contribution in [-0.2, 0) is 7.05 Å². The third-order valence-electron chi connectivity index (χ3n) is 5.27. The lowest BCUT2D eigenvalue weighted by Crippen LogP contribution is -2.31. The normalized spacial score (nSPS) is 15.6. The van der Waals surface area contributed by atoms with Gasteiger partial charge in [0.05, 0.1) is 33.2 Å². The van der Waals surface area contributed by atoms with Crippen molar-refractivity contribution in [2.24, 2.45) is 7.05 Å². The summed E-state index contributed by atoms with van der Waals surface area (Å²) in [5, 5.41) is 9.21. The summed E-state index contributed by atoms with van der Waals surface area (Å²) in [5.41, 5.74) is 3.06. The molecule has 0 saturated heterocycles. The van der Waals surface area contributed by atoms with Crippen LogP contribution in [0.15, 0.2) is 52.0 Å². The van der Waals surface area contributed by atoms with Crippen LogP contribution in [-0.4, -0.2) is 15.0 Å². The lowest BCUT2D eigenvalue weighted by Gasteiger charge is -2.28. The number of nitrogens with zero attached hydrogens (tertiary/aromatic N) is 4. The predicted molar refractivity (Wildman–Crippen MR) is 119 cm³/mol. The molecule has 0 fully saturated rings. The molecule has 6 nitrogen and oxygen atoms in total. The molecule has 4 rings (SSSR count). The molecule has 0 saturated carbocycles. The molecule has 1 atom stereocenters. The molecule has 0 radical (unpaired) electrons. The molecule has 0 N–H and O–H groups in total. The number of nitriles is 1. The number of pyridine rings is 1. The van der Waals surface area contributed by atoms with Gasteiger partial charge in [-0.15, -0.1) is 0 Å². The summed E-state index contributed by atoms with van der Waals surface area (Å²) in [7, 11) is 1.60. The summed E-state index contributed by atoms with van der Waals surface area (Å²) in [6.45, 7) is 4.11. The Kier molecular flexibility index (Phi) is 5.08. The Morgan fingerprint density at radius 3 is 2.40 bits per heavy atom. The molecular weight excluding hydrogens is 468 g/mol. The lowest BCUT2D eigenvalue weighted by molar-refractivity contribution is 0.0993. The second-order valence-electron chi connectivity index (χ2n) is 7.50. The highest BCUT2D eigenvalue weighted by atomic mass is 79.9. The van der Waals surface area contributed by atoms with Crippen molar-refractivity contribution in [1.82, 2.24) is 9.13 Å². The van der Waals surface area contributed by atoms with Crippen LogP contribution in [0.25, 0.3) is 0 Å². The summed E-state index contributed by atoms with van der Waals surface area (Å²) >= 11 is 9.74. The third kappa shape index (κ3) is 3.08. The Labute approximate surface area is 187 Å². The molecule has 0 bridgehead atoms. The molecule has 1 aliphatic heterocycles. The molecule has 3 aromatic rings. The number of halogens is 2. The number of aromatic nitrogens is 2. The average Bonchev–Trinajstić information content (AvgIpc) is 3.19. The zero-order chi connectivity index (χ0) is 21.7. The van der Waals surface area contributed by atoms with Gasteiger partial charge in [0.25, 0.3) is 11.5 Å². The van der Waals surface area contributed by atoms with E-state index in [1.54, 1.807) is 30.3 Å². The number of carbonyl (C=O) groups excluding carboxylic acids is 1. The monoisotopic (exact) mass is 484 g/mol. The summed E-state index contributed by atoms with van der Waals surface area (Å²) in [5.74, 6) is -0.172. The molecule has 8 heteroatoms. The van der Waals surface area contributed by atoms with Gasteiger partial charge in [-0.3, -0.25) is 14.5 Å². The first-order valence-electron chi connectivity index (χ1n) is 9.35. The lowest BCUT2D eigenvalue weighted by atomic mass is 10.0. The van der Waals surface area contributed by atoms with E-state index in [2.05, 4.69) is 40.4 Å². The van der Waals surface area contributed by atoms with Crippen LogP contribution in [0.2, 0.25) is 5.02 Å². The zero-order valence-electron chi connectivity index (χ0n) is 16.6. The van der Waals surface area contributed by atoms with E-state index in [1.165, 1.54) is 10.6 Å². The molecular formula is C22H18BrClN4O2. The summed E-state index contributed by atoms with van der Waals surface area (Å²) in [6.07, 6.45) is 1.61. The molecule has 2 aromatic heterocycles. The van der Waals surface area contributed by atoms with Crippen LogP contribution in [0.3, 0.4) is 0 Å². The molecule has 0 aliphatic carbocycles. The maximum absolute atomic E-state index is 13.5. The molecule has 152 valence electrons. The molecule has 0 spiro atoms. The summed E-state index contributed by atoms with van der Waals surface area (Å²) < 4.78 is 4.28. The Bertz CT molecular complexity index is 1240. The third-order valence-corrected chi connectivity index (χ3v) is 6.15. The summed E-state index contributed by atoms with van der Waals surface area (Å²) in [6, 6.07) is 12.3. The van der Waals surface area contributed by atoms with Crippen LogP contribution in [0, 0.1) is 11.3 Å². The van der Waals surface area contributed by atoms with Crippen LogP contribution in [0.4, 0.5) is 5.69 Å². The minimum Gasteiger partial charge on any atom is -0.334 e. The fraction of sp³-hybridized carbons (Fsp3) is 0.227. The van der Waals surface area contributed by atoms with E-state index in [4.69, 9.17) is 16.9 Å². The fourth-order valence-electron chi connectivity index (χ4n) is 3.95. The maximum atomic E-state index is 13.5. The van der Waals surface area contributed by atoms with Crippen LogP contribution >= 0.6 is 27.5 Å². The second-order valence-corrected chi connectivity index (χ2v) is 8.72. The number of hydrogen-bond donors (Lipinski definition) is 0. The topological polar surface area (TPSA) is 71.0 Å². The Hall–Kier alpha value is -2.82. The van der Waals surface area contributed by atoms with Gasteiger partial charge in [0.2, 0.25) is 0 Å². The van der Waals surface area contributed by atoms with E-state index < -0.39 is 6.04 Å². The first kappa shape index (κ1) is 20.5. The highest BCUT2D eigenvalue weighted by molar-refractivity contribution is 9.10. The van der Waals surface area contributed by atoms with Gasteiger partial charge >= 0.3 is 0 Å². The van der Waals surface area contributed by atoms with Crippen molar-refractivity contribution >= 4 is 39.1 Å². The molecule has 1 amide bonds. The number of rotatable bonds is 3. The number of benzene rings is 1. The van der Waals surface area contributed by atoms with Crippen LogP contribution in [0.1, 0.15) is 53.1 Å². The highest BCUT2D eigenvalue weighted by Gasteiger charge is 2.43. The van der Waals surface area contributed by atoms with Gasteiger partial charge in [0.1, 0.15) is 11.1 Å². The van der Waals surface area contributed by atoms with Crippen molar-refractivity contribution in [3.8, 4) is 6.07 Å². The van der Waals surface area contributed by atoms with Gasteiger partial charge in [0, 0.05) is 19.3 Å². The molecule has 1 unspecified atom stereocenters. The largest absolute Gasteiger partial charge is 0.334 e. The minimum atomic E-state index is -0.428. The molecule has 3 heterocycles. The Morgan fingerprint density at radius 1 is 1.17 bits per heavy atom. The van der Waals surface area contributed by atoms with Gasteiger partial charge in [-0.1, -0.05) is 23.7 Å². The number of fused-ring (bicyclic) bond motifs is 1. The van der Waals surface area contributed by atoms with Crippen LogP contribution in [0.5, 0.6) is 0 Å².